The minimum absolute atomic E-state index is 0.000227. The van der Waals surface area contributed by atoms with Gasteiger partial charge in [0, 0.05) is 37.6 Å². The molecular formula is C27H26N6O3. The summed E-state index contributed by atoms with van der Waals surface area (Å²) in [6, 6.07) is 11.8. The molecule has 2 atom stereocenters. The van der Waals surface area contributed by atoms with Gasteiger partial charge in [-0.05, 0) is 48.9 Å². The number of nitriles is 1. The van der Waals surface area contributed by atoms with E-state index in [1.165, 1.54) is 0 Å². The van der Waals surface area contributed by atoms with Gasteiger partial charge in [-0.3, -0.25) is 14.6 Å². The van der Waals surface area contributed by atoms with E-state index < -0.39 is 0 Å². The summed E-state index contributed by atoms with van der Waals surface area (Å²) >= 11 is 0. The average Bonchev–Trinajstić information content (AvgIpc) is 3.22. The molecule has 1 amide bonds. The monoisotopic (exact) mass is 482 g/mol. The normalized spacial score (nSPS) is 22.7. The van der Waals surface area contributed by atoms with Crippen molar-refractivity contribution >= 4 is 29.3 Å². The number of carbonyl (C=O) groups is 1. The van der Waals surface area contributed by atoms with Crippen LogP contribution in [0, 0.1) is 11.3 Å². The first-order valence-electron chi connectivity index (χ1n) is 12.0. The number of rotatable bonds is 4. The predicted octanol–water partition coefficient (Wildman–Crippen LogP) is 3.08. The van der Waals surface area contributed by atoms with Crippen molar-refractivity contribution in [1.82, 2.24) is 9.88 Å². The minimum atomic E-state index is -0.215. The summed E-state index contributed by atoms with van der Waals surface area (Å²) in [7, 11) is 0. The summed E-state index contributed by atoms with van der Waals surface area (Å²) in [4.78, 5) is 22.9. The van der Waals surface area contributed by atoms with Crippen molar-refractivity contribution in [2.45, 2.75) is 18.6 Å². The first kappa shape index (κ1) is 22.2. The molecule has 36 heavy (non-hydrogen) atoms. The Balaban J connectivity index is 1.13. The number of piperidine rings is 1. The van der Waals surface area contributed by atoms with Crippen molar-refractivity contribution < 1.29 is 14.3 Å². The molecule has 2 saturated heterocycles. The summed E-state index contributed by atoms with van der Waals surface area (Å²) < 4.78 is 11.6. The number of aromatic nitrogens is 1. The fraction of sp³-hybridized carbons (Fsp3) is 0.296. The van der Waals surface area contributed by atoms with Gasteiger partial charge in [0.1, 0.15) is 11.9 Å². The lowest BCUT2D eigenvalue weighted by atomic mass is 10.0. The molecule has 9 nitrogen and oxygen atoms in total. The lowest BCUT2D eigenvalue weighted by Crippen LogP contribution is -2.50. The van der Waals surface area contributed by atoms with Crippen LogP contribution in [0.25, 0.3) is 6.08 Å². The highest BCUT2D eigenvalue weighted by Gasteiger charge is 2.43. The summed E-state index contributed by atoms with van der Waals surface area (Å²) in [5.74, 6) is 2.02. The topological polar surface area (TPSA) is 94.0 Å². The third-order valence-electron chi connectivity index (χ3n) is 7.10. The SMILES string of the molecule is C=C1C=Cc2ccc(C#N)cc2N1CCN1CC[C@@H]2[C@H](C1)OC(=C)N2c1ccc2c(n1)NC(=O)CO2. The molecule has 0 saturated carbocycles. The number of pyridine rings is 1. The van der Waals surface area contributed by atoms with Crippen molar-refractivity contribution in [3.8, 4) is 11.8 Å². The molecular weight excluding hydrogens is 456 g/mol. The Labute approximate surface area is 209 Å². The highest BCUT2D eigenvalue weighted by molar-refractivity contribution is 5.94. The maximum Gasteiger partial charge on any atom is 0.263 e. The molecule has 0 bridgehead atoms. The third-order valence-corrected chi connectivity index (χ3v) is 7.10. The zero-order valence-electron chi connectivity index (χ0n) is 19.8. The quantitative estimate of drug-likeness (QED) is 0.711. The molecule has 0 aliphatic carbocycles. The Bertz CT molecular complexity index is 1350. The number of ether oxygens (including phenoxy) is 2. The van der Waals surface area contributed by atoms with Gasteiger partial charge < -0.3 is 19.7 Å². The Morgan fingerprint density at radius 3 is 2.94 bits per heavy atom. The van der Waals surface area contributed by atoms with E-state index in [-0.39, 0.29) is 24.7 Å². The Morgan fingerprint density at radius 2 is 2.08 bits per heavy atom. The van der Waals surface area contributed by atoms with Crippen LogP contribution in [0.3, 0.4) is 0 Å². The second kappa shape index (κ2) is 8.73. The molecule has 4 aliphatic rings. The first-order chi connectivity index (χ1) is 17.5. The number of nitrogens with zero attached hydrogens (tertiary/aromatic N) is 5. The highest BCUT2D eigenvalue weighted by atomic mass is 16.5. The van der Waals surface area contributed by atoms with Crippen LogP contribution in [0.15, 0.2) is 61.1 Å². The first-order valence-corrected chi connectivity index (χ1v) is 12.0. The molecule has 2 fully saturated rings. The number of amides is 1. The predicted molar refractivity (Wildman–Crippen MR) is 136 cm³/mol. The molecule has 9 heteroatoms. The number of nitrogens with one attached hydrogen (secondary N) is 1. The van der Waals surface area contributed by atoms with Crippen LogP contribution in [-0.2, 0) is 9.53 Å². The van der Waals surface area contributed by atoms with Gasteiger partial charge in [-0.25, -0.2) is 4.98 Å². The maximum absolute atomic E-state index is 11.7. The molecule has 2 aromatic rings. The van der Waals surface area contributed by atoms with E-state index in [4.69, 9.17) is 9.47 Å². The number of fused-ring (bicyclic) bond motifs is 3. The average molecular weight is 483 g/mol. The number of likely N-dealkylation sites (tertiary alicyclic amines) is 1. The van der Waals surface area contributed by atoms with Crippen LogP contribution < -0.4 is 19.9 Å². The second-order valence-corrected chi connectivity index (χ2v) is 9.29. The van der Waals surface area contributed by atoms with E-state index in [9.17, 15) is 10.1 Å². The van der Waals surface area contributed by atoms with Gasteiger partial charge in [-0.15, -0.1) is 0 Å². The van der Waals surface area contributed by atoms with Crippen molar-refractivity contribution in [3.05, 3.63) is 72.3 Å². The summed E-state index contributed by atoms with van der Waals surface area (Å²) in [5, 5.41) is 12.1. The van der Waals surface area contributed by atoms with E-state index >= 15 is 0 Å². The Morgan fingerprint density at radius 1 is 1.19 bits per heavy atom. The zero-order valence-corrected chi connectivity index (χ0v) is 19.8. The van der Waals surface area contributed by atoms with Gasteiger partial charge in [0.2, 0.25) is 0 Å². The molecule has 1 aromatic heterocycles. The van der Waals surface area contributed by atoms with Crippen LogP contribution in [0.1, 0.15) is 17.5 Å². The van der Waals surface area contributed by atoms with Gasteiger partial charge in [-0.1, -0.05) is 18.7 Å². The number of hydrogen-bond donors (Lipinski definition) is 1. The third kappa shape index (κ3) is 3.85. The van der Waals surface area contributed by atoms with Crippen molar-refractivity contribution in [1.29, 1.82) is 5.26 Å². The van der Waals surface area contributed by atoms with E-state index in [0.29, 0.717) is 28.8 Å². The van der Waals surface area contributed by atoms with Gasteiger partial charge in [0.15, 0.2) is 24.1 Å². The van der Waals surface area contributed by atoms with E-state index in [2.05, 4.69) is 39.3 Å². The van der Waals surface area contributed by atoms with E-state index in [1.807, 2.05) is 47.4 Å². The van der Waals surface area contributed by atoms with Crippen molar-refractivity contribution in [2.24, 2.45) is 0 Å². The number of hydrogen-bond acceptors (Lipinski definition) is 8. The van der Waals surface area contributed by atoms with E-state index in [0.717, 1.165) is 49.5 Å². The largest absolute Gasteiger partial charge is 0.480 e. The molecule has 0 spiro atoms. The van der Waals surface area contributed by atoms with Crippen molar-refractivity contribution in [3.63, 3.8) is 0 Å². The number of benzene rings is 1. The van der Waals surface area contributed by atoms with Crippen molar-refractivity contribution in [2.75, 3.05) is 47.9 Å². The zero-order chi connectivity index (χ0) is 24.8. The Hall–Kier alpha value is -4.29. The molecule has 0 unspecified atom stereocenters. The maximum atomic E-state index is 11.7. The molecule has 4 aliphatic heterocycles. The molecule has 1 N–H and O–H groups in total. The number of carbonyl (C=O) groups excluding carboxylic acids is 1. The molecule has 1 aromatic carbocycles. The summed E-state index contributed by atoms with van der Waals surface area (Å²) in [6.45, 7) is 11.6. The molecule has 6 rings (SSSR count). The van der Waals surface area contributed by atoms with Gasteiger partial charge in [0.05, 0.1) is 17.7 Å². The van der Waals surface area contributed by atoms with Crippen LogP contribution in [0.5, 0.6) is 5.75 Å². The number of anilines is 3. The summed E-state index contributed by atoms with van der Waals surface area (Å²) in [6.07, 6.45) is 4.92. The van der Waals surface area contributed by atoms with Crippen LogP contribution >= 0.6 is 0 Å². The fourth-order valence-corrected chi connectivity index (χ4v) is 5.31. The molecule has 182 valence electrons. The fourth-order valence-electron chi connectivity index (χ4n) is 5.31. The van der Waals surface area contributed by atoms with Gasteiger partial charge >= 0.3 is 0 Å². The van der Waals surface area contributed by atoms with Crippen LogP contribution in [0.4, 0.5) is 17.3 Å². The lowest BCUT2D eigenvalue weighted by Gasteiger charge is -2.37. The highest BCUT2D eigenvalue weighted by Crippen LogP contribution is 2.38. The standard InChI is InChI=1S/C27H26N6O3/c1-17-3-5-20-6-4-19(14-28)13-22(20)32(17)12-11-31-10-9-21-24(15-31)36-18(2)33(21)25-8-7-23-27(29-25)30-26(34)16-35-23/h3-8,13,21,24H,1-2,9-12,15-16H2,(H,29,30,34)/t21-,24+/m1/s1. The van der Waals surface area contributed by atoms with Crippen LogP contribution in [0.2, 0.25) is 0 Å². The minimum Gasteiger partial charge on any atom is -0.480 e. The van der Waals surface area contributed by atoms with Gasteiger partial charge in [-0.2, -0.15) is 5.26 Å². The molecule has 0 radical (unpaired) electrons. The van der Waals surface area contributed by atoms with E-state index in [1.54, 1.807) is 0 Å². The van der Waals surface area contributed by atoms with Gasteiger partial charge in [0.25, 0.3) is 5.91 Å². The number of allylic oxidation sites excluding steroid dienone is 1. The molecule has 5 heterocycles. The summed E-state index contributed by atoms with van der Waals surface area (Å²) in [5.41, 5.74) is 3.66. The lowest BCUT2D eigenvalue weighted by molar-refractivity contribution is -0.118. The second-order valence-electron chi connectivity index (χ2n) is 9.29. The van der Waals surface area contributed by atoms with Crippen LogP contribution in [-0.4, -0.2) is 60.7 Å². The Kier molecular flexibility index (Phi) is 5.38. The smallest absolute Gasteiger partial charge is 0.263 e.